The Bertz CT molecular complexity index is 271. The van der Waals surface area contributed by atoms with Crippen LogP contribution >= 0.6 is 22.9 Å². The maximum atomic E-state index is 3.14. The number of halogens is 1. The van der Waals surface area contributed by atoms with Crippen molar-refractivity contribution in [2.45, 2.75) is 26.7 Å². The summed E-state index contributed by atoms with van der Waals surface area (Å²) < 4.78 is 3.14. The van der Waals surface area contributed by atoms with Gasteiger partial charge in [-0.3, -0.25) is 3.53 Å². The molecule has 0 unspecified atom stereocenters. The van der Waals surface area contributed by atoms with E-state index in [9.17, 15) is 0 Å². The number of benzene rings is 1. The largest absolute Gasteiger partial charge is 0.261 e. The zero-order valence-electron chi connectivity index (χ0n) is 8.23. The van der Waals surface area contributed by atoms with Gasteiger partial charge in [-0.2, -0.15) is 0 Å². The standard InChI is InChI=1S/C11H16IN/c1-9-5-6-11(10(2)8-9)4-3-7-13-12/h5-6,8,13H,3-4,7H2,1-2H3. The van der Waals surface area contributed by atoms with Crippen LogP contribution in [0.3, 0.4) is 0 Å². The van der Waals surface area contributed by atoms with Crippen LogP contribution in [0.2, 0.25) is 0 Å². The van der Waals surface area contributed by atoms with Crippen LogP contribution < -0.4 is 3.53 Å². The van der Waals surface area contributed by atoms with Gasteiger partial charge in [-0.1, -0.05) is 23.8 Å². The van der Waals surface area contributed by atoms with Gasteiger partial charge in [0, 0.05) is 29.4 Å². The monoisotopic (exact) mass is 289 g/mol. The minimum atomic E-state index is 1.09. The molecule has 0 aliphatic heterocycles. The van der Waals surface area contributed by atoms with Crippen LogP contribution in [-0.4, -0.2) is 6.54 Å². The average Bonchev–Trinajstić information content (AvgIpc) is 2.09. The lowest BCUT2D eigenvalue weighted by Crippen LogP contribution is -2.02. The van der Waals surface area contributed by atoms with Gasteiger partial charge in [-0.15, -0.1) is 0 Å². The molecule has 0 aliphatic carbocycles. The quantitative estimate of drug-likeness (QED) is 0.510. The van der Waals surface area contributed by atoms with Crippen molar-refractivity contribution in [2.75, 3.05) is 6.54 Å². The predicted octanol–water partition coefficient (Wildman–Crippen LogP) is 3.18. The van der Waals surface area contributed by atoms with Crippen molar-refractivity contribution in [3.05, 3.63) is 34.9 Å². The Hall–Kier alpha value is -0.0900. The Labute approximate surface area is 94.4 Å². The molecule has 0 heterocycles. The molecule has 0 saturated carbocycles. The van der Waals surface area contributed by atoms with Crippen LogP contribution in [0.15, 0.2) is 18.2 Å². The van der Waals surface area contributed by atoms with E-state index in [0.29, 0.717) is 0 Å². The van der Waals surface area contributed by atoms with Crippen molar-refractivity contribution < 1.29 is 0 Å². The van der Waals surface area contributed by atoms with Crippen molar-refractivity contribution in [2.24, 2.45) is 0 Å². The van der Waals surface area contributed by atoms with Gasteiger partial charge in [-0.25, -0.2) is 0 Å². The summed E-state index contributed by atoms with van der Waals surface area (Å²) in [6, 6.07) is 6.70. The summed E-state index contributed by atoms with van der Waals surface area (Å²) >= 11 is 2.19. The van der Waals surface area contributed by atoms with E-state index >= 15 is 0 Å². The van der Waals surface area contributed by atoms with Gasteiger partial charge >= 0.3 is 0 Å². The van der Waals surface area contributed by atoms with E-state index in [1.54, 1.807) is 0 Å². The molecule has 1 N–H and O–H groups in total. The fourth-order valence-electron chi connectivity index (χ4n) is 1.47. The second-order valence-electron chi connectivity index (χ2n) is 3.42. The second kappa shape index (κ2) is 5.60. The fraction of sp³-hybridized carbons (Fsp3) is 0.455. The topological polar surface area (TPSA) is 12.0 Å². The van der Waals surface area contributed by atoms with Crippen molar-refractivity contribution in [3.63, 3.8) is 0 Å². The molecule has 1 aromatic carbocycles. The molecular weight excluding hydrogens is 273 g/mol. The third kappa shape index (κ3) is 3.65. The van der Waals surface area contributed by atoms with Gasteiger partial charge in [-0.05, 0) is 37.8 Å². The summed E-state index contributed by atoms with van der Waals surface area (Å²) in [5.41, 5.74) is 4.26. The Morgan fingerprint density at radius 2 is 2.08 bits per heavy atom. The lowest BCUT2D eigenvalue weighted by molar-refractivity contribution is 0.807. The Balaban J connectivity index is 2.56. The molecule has 0 saturated heterocycles. The number of rotatable bonds is 4. The molecule has 0 amide bonds. The fourth-order valence-corrected chi connectivity index (χ4v) is 1.85. The van der Waals surface area contributed by atoms with Gasteiger partial charge in [0.15, 0.2) is 0 Å². The minimum absolute atomic E-state index is 1.09. The molecular formula is C11H16IN. The molecule has 1 aromatic rings. The normalized spacial score (nSPS) is 10.4. The second-order valence-corrected chi connectivity index (χ2v) is 4.18. The van der Waals surface area contributed by atoms with E-state index in [2.05, 4.69) is 58.4 Å². The molecule has 0 aromatic heterocycles. The molecule has 1 rings (SSSR count). The predicted molar refractivity (Wildman–Crippen MR) is 66.3 cm³/mol. The first-order valence-electron chi connectivity index (χ1n) is 4.63. The molecule has 0 fully saturated rings. The number of aryl methyl sites for hydroxylation is 3. The highest BCUT2D eigenvalue weighted by molar-refractivity contribution is 14.1. The maximum absolute atomic E-state index is 3.14. The van der Waals surface area contributed by atoms with Gasteiger partial charge < -0.3 is 0 Å². The molecule has 0 spiro atoms. The van der Waals surface area contributed by atoms with E-state index < -0.39 is 0 Å². The van der Waals surface area contributed by atoms with E-state index in [-0.39, 0.29) is 0 Å². The molecule has 2 heteroatoms. The third-order valence-electron chi connectivity index (χ3n) is 2.22. The van der Waals surface area contributed by atoms with E-state index in [1.807, 2.05) is 0 Å². The zero-order valence-corrected chi connectivity index (χ0v) is 10.4. The summed E-state index contributed by atoms with van der Waals surface area (Å²) in [5.74, 6) is 0. The van der Waals surface area contributed by atoms with Gasteiger partial charge in [0.2, 0.25) is 0 Å². The van der Waals surface area contributed by atoms with E-state index in [0.717, 1.165) is 6.54 Å². The molecule has 72 valence electrons. The highest BCUT2D eigenvalue weighted by atomic mass is 127. The molecule has 13 heavy (non-hydrogen) atoms. The first-order valence-corrected chi connectivity index (χ1v) is 5.71. The van der Waals surface area contributed by atoms with Crippen molar-refractivity contribution in [3.8, 4) is 0 Å². The number of hydrogen-bond donors (Lipinski definition) is 1. The van der Waals surface area contributed by atoms with Gasteiger partial charge in [0.25, 0.3) is 0 Å². The summed E-state index contributed by atoms with van der Waals surface area (Å²) in [6.45, 7) is 5.43. The van der Waals surface area contributed by atoms with Crippen LogP contribution in [0, 0.1) is 13.8 Å². The summed E-state index contributed by atoms with van der Waals surface area (Å²) in [7, 11) is 0. The van der Waals surface area contributed by atoms with Crippen LogP contribution in [0.4, 0.5) is 0 Å². The lowest BCUT2D eigenvalue weighted by atomic mass is 10.0. The molecule has 0 radical (unpaired) electrons. The SMILES string of the molecule is Cc1ccc(CCCNI)c(C)c1. The number of hydrogen-bond acceptors (Lipinski definition) is 1. The van der Waals surface area contributed by atoms with Gasteiger partial charge in [0.1, 0.15) is 0 Å². The zero-order chi connectivity index (χ0) is 9.68. The summed E-state index contributed by atoms with van der Waals surface area (Å²) in [6.07, 6.45) is 2.40. The van der Waals surface area contributed by atoms with Crippen molar-refractivity contribution in [1.82, 2.24) is 3.53 Å². The van der Waals surface area contributed by atoms with E-state index in [4.69, 9.17) is 0 Å². The molecule has 0 atom stereocenters. The summed E-state index contributed by atoms with van der Waals surface area (Å²) in [4.78, 5) is 0. The first-order chi connectivity index (χ1) is 6.24. The highest BCUT2D eigenvalue weighted by Gasteiger charge is 1.97. The average molecular weight is 289 g/mol. The van der Waals surface area contributed by atoms with Crippen molar-refractivity contribution in [1.29, 1.82) is 0 Å². The highest BCUT2D eigenvalue weighted by Crippen LogP contribution is 2.12. The summed E-state index contributed by atoms with van der Waals surface area (Å²) in [5, 5.41) is 0. The molecule has 1 nitrogen and oxygen atoms in total. The number of nitrogens with one attached hydrogen (secondary N) is 1. The molecule has 0 aliphatic rings. The Morgan fingerprint density at radius 3 is 2.69 bits per heavy atom. The first kappa shape index (κ1) is 11.0. The lowest BCUT2D eigenvalue weighted by Gasteiger charge is -2.05. The van der Waals surface area contributed by atoms with E-state index in [1.165, 1.54) is 29.5 Å². The smallest absolute Gasteiger partial charge is 0.0169 e. The minimum Gasteiger partial charge on any atom is -0.261 e. The van der Waals surface area contributed by atoms with Crippen LogP contribution in [0.5, 0.6) is 0 Å². The molecule has 0 bridgehead atoms. The Morgan fingerprint density at radius 1 is 1.31 bits per heavy atom. The maximum Gasteiger partial charge on any atom is 0.0169 e. The van der Waals surface area contributed by atoms with Crippen molar-refractivity contribution >= 4 is 22.9 Å². The van der Waals surface area contributed by atoms with Crippen LogP contribution in [-0.2, 0) is 6.42 Å². The van der Waals surface area contributed by atoms with Crippen LogP contribution in [0.1, 0.15) is 23.1 Å². The van der Waals surface area contributed by atoms with Crippen LogP contribution in [0.25, 0.3) is 0 Å². The third-order valence-corrected chi connectivity index (χ3v) is 2.75. The Kier molecular flexibility index (Phi) is 4.73. The van der Waals surface area contributed by atoms with Gasteiger partial charge in [0.05, 0.1) is 0 Å².